The molecule has 0 heterocycles. The fraction of sp³-hybridized carbons (Fsp3) is 0.778. The lowest BCUT2D eigenvalue weighted by atomic mass is 10.0. The van der Waals surface area contributed by atoms with Gasteiger partial charge in [0.25, 0.3) is 0 Å². The highest BCUT2D eigenvalue weighted by molar-refractivity contribution is 5.82. The Labute approximate surface area is 84.1 Å². The fourth-order valence-electron chi connectivity index (χ4n) is 0.971. The number of hydrogen-bond donors (Lipinski definition) is 2. The van der Waals surface area contributed by atoms with Crippen LogP contribution in [0.2, 0.25) is 0 Å². The van der Waals surface area contributed by atoms with Gasteiger partial charge < -0.3 is 15.3 Å². The molecule has 0 aromatic carbocycles. The fourth-order valence-corrected chi connectivity index (χ4v) is 0.971. The van der Waals surface area contributed by atoms with Crippen LogP contribution in [0.1, 0.15) is 20.3 Å². The smallest absolute Gasteiger partial charge is 0.326 e. The first-order chi connectivity index (χ1) is 6.34. The maximum absolute atomic E-state index is 11.2. The molecule has 1 unspecified atom stereocenters. The van der Waals surface area contributed by atoms with E-state index in [1.807, 2.05) is 13.8 Å². The number of nitrogens with zero attached hydrogens (tertiary/aromatic N) is 1. The van der Waals surface area contributed by atoms with Crippen LogP contribution in [0.5, 0.6) is 0 Å². The monoisotopic (exact) mass is 202 g/mol. The Morgan fingerprint density at radius 3 is 2.14 bits per heavy atom. The normalized spacial score (nSPS) is 12.4. The summed E-state index contributed by atoms with van der Waals surface area (Å²) in [6.07, 6.45) is 0.439. The average molecular weight is 202 g/mol. The van der Waals surface area contributed by atoms with Gasteiger partial charge in [0, 0.05) is 14.1 Å². The van der Waals surface area contributed by atoms with E-state index in [0.29, 0.717) is 6.42 Å². The van der Waals surface area contributed by atoms with E-state index in [0.717, 1.165) is 0 Å². The molecule has 82 valence electrons. The largest absolute Gasteiger partial charge is 0.480 e. The SMILES string of the molecule is CC(C)CC(NC(=O)N(C)C)C(=O)O. The second-order valence-electron chi connectivity index (χ2n) is 3.86. The van der Waals surface area contributed by atoms with Crippen molar-refractivity contribution in [2.24, 2.45) is 5.92 Å². The number of hydrogen-bond acceptors (Lipinski definition) is 2. The van der Waals surface area contributed by atoms with Crippen molar-refractivity contribution in [3.8, 4) is 0 Å². The minimum absolute atomic E-state index is 0.235. The Kier molecular flexibility index (Phi) is 4.97. The molecule has 2 N–H and O–H groups in total. The van der Waals surface area contributed by atoms with Gasteiger partial charge in [-0.15, -0.1) is 0 Å². The zero-order valence-electron chi connectivity index (χ0n) is 9.07. The first kappa shape index (κ1) is 12.7. The minimum Gasteiger partial charge on any atom is -0.480 e. The lowest BCUT2D eigenvalue weighted by molar-refractivity contribution is -0.139. The molecule has 5 heteroatoms. The molecule has 0 aliphatic heterocycles. The number of urea groups is 1. The molecule has 0 rings (SSSR count). The molecule has 2 amide bonds. The van der Waals surface area contributed by atoms with Gasteiger partial charge in [0.2, 0.25) is 0 Å². The molecule has 0 saturated carbocycles. The molecular formula is C9H18N2O3. The summed E-state index contributed by atoms with van der Waals surface area (Å²) in [5, 5.41) is 11.3. The first-order valence-corrected chi connectivity index (χ1v) is 4.55. The minimum atomic E-state index is -0.992. The summed E-state index contributed by atoms with van der Waals surface area (Å²) in [7, 11) is 3.15. The molecule has 0 aromatic heterocycles. The summed E-state index contributed by atoms with van der Waals surface area (Å²) in [6.45, 7) is 3.83. The number of carboxylic acid groups (broad SMARTS) is 1. The predicted molar refractivity (Wildman–Crippen MR) is 53.1 cm³/mol. The molecule has 0 aromatic rings. The van der Waals surface area contributed by atoms with Gasteiger partial charge >= 0.3 is 12.0 Å². The third-order valence-electron chi connectivity index (χ3n) is 1.71. The number of rotatable bonds is 4. The third kappa shape index (κ3) is 4.69. The Hall–Kier alpha value is -1.26. The van der Waals surface area contributed by atoms with Crippen LogP contribution < -0.4 is 5.32 Å². The molecule has 0 spiro atoms. The number of carboxylic acids is 1. The first-order valence-electron chi connectivity index (χ1n) is 4.55. The Morgan fingerprint density at radius 2 is 1.86 bits per heavy atom. The van der Waals surface area contributed by atoms with E-state index in [4.69, 9.17) is 5.11 Å². The van der Waals surface area contributed by atoms with Crippen molar-refractivity contribution in [3.63, 3.8) is 0 Å². The molecule has 1 atom stereocenters. The van der Waals surface area contributed by atoms with Crippen LogP contribution in [0, 0.1) is 5.92 Å². The number of aliphatic carboxylic acids is 1. The van der Waals surface area contributed by atoms with Gasteiger partial charge in [-0.3, -0.25) is 0 Å². The van der Waals surface area contributed by atoms with Gasteiger partial charge in [0.15, 0.2) is 0 Å². The van der Waals surface area contributed by atoms with Crippen LogP contribution in [0.4, 0.5) is 4.79 Å². The van der Waals surface area contributed by atoms with E-state index in [1.165, 1.54) is 4.90 Å². The highest BCUT2D eigenvalue weighted by Gasteiger charge is 2.21. The van der Waals surface area contributed by atoms with E-state index >= 15 is 0 Å². The summed E-state index contributed by atoms with van der Waals surface area (Å²) in [4.78, 5) is 23.3. The maximum Gasteiger partial charge on any atom is 0.326 e. The van der Waals surface area contributed by atoms with E-state index in [9.17, 15) is 9.59 Å². The quantitative estimate of drug-likeness (QED) is 0.707. The van der Waals surface area contributed by atoms with Gasteiger partial charge in [0.05, 0.1) is 0 Å². The van der Waals surface area contributed by atoms with Gasteiger partial charge in [-0.2, -0.15) is 0 Å². The van der Waals surface area contributed by atoms with E-state index in [1.54, 1.807) is 14.1 Å². The lowest BCUT2D eigenvalue weighted by Crippen LogP contribution is -2.46. The molecule has 14 heavy (non-hydrogen) atoms. The number of amides is 2. The van der Waals surface area contributed by atoms with Crippen molar-refractivity contribution in [1.29, 1.82) is 0 Å². The molecule has 5 nitrogen and oxygen atoms in total. The zero-order valence-corrected chi connectivity index (χ0v) is 9.07. The Balaban J connectivity index is 4.23. The molecule has 0 saturated heterocycles. The summed E-state index contributed by atoms with van der Waals surface area (Å²) in [6, 6.07) is -1.18. The summed E-state index contributed by atoms with van der Waals surface area (Å²) < 4.78 is 0. The molecular weight excluding hydrogens is 184 g/mol. The third-order valence-corrected chi connectivity index (χ3v) is 1.71. The van der Waals surface area contributed by atoms with Gasteiger partial charge in [-0.25, -0.2) is 9.59 Å². The van der Waals surface area contributed by atoms with Crippen LogP contribution >= 0.6 is 0 Å². The van der Waals surface area contributed by atoms with Crippen LogP contribution in [0.3, 0.4) is 0 Å². The van der Waals surface area contributed by atoms with E-state index in [-0.39, 0.29) is 11.9 Å². The molecule has 0 fully saturated rings. The van der Waals surface area contributed by atoms with Crippen molar-refractivity contribution in [2.75, 3.05) is 14.1 Å². The molecule has 0 bridgehead atoms. The number of carbonyl (C=O) groups is 2. The second kappa shape index (κ2) is 5.47. The van der Waals surface area contributed by atoms with Crippen LogP contribution in [-0.2, 0) is 4.79 Å². The van der Waals surface area contributed by atoms with Crippen molar-refractivity contribution in [1.82, 2.24) is 10.2 Å². The second-order valence-corrected chi connectivity index (χ2v) is 3.86. The van der Waals surface area contributed by atoms with Gasteiger partial charge in [-0.05, 0) is 12.3 Å². The average Bonchev–Trinajstić information content (AvgIpc) is 2.01. The highest BCUT2D eigenvalue weighted by atomic mass is 16.4. The molecule has 0 radical (unpaired) electrons. The van der Waals surface area contributed by atoms with Crippen molar-refractivity contribution >= 4 is 12.0 Å². The Bertz CT molecular complexity index is 214. The van der Waals surface area contributed by atoms with Gasteiger partial charge in [0.1, 0.15) is 6.04 Å². The lowest BCUT2D eigenvalue weighted by Gasteiger charge is -2.19. The van der Waals surface area contributed by atoms with Crippen molar-refractivity contribution in [2.45, 2.75) is 26.3 Å². The maximum atomic E-state index is 11.2. The standard InChI is InChI=1S/C9H18N2O3/c1-6(2)5-7(8(12)13)10-9(14)11(3)4/h6-7H,5H2,1-4H3,(H,10,14)(H,12,13). The highest BCUT2D eigenvalue weighted by Crippen LogP contribution is 2.05. The summed E-state index contributed by atoms with van der Waals surface area (Å²) in [5.41, 5.74) is 0. The van der Waals surface area contributed by atoms with Crippen LogP contribution in [0.25, 0.3) is 0 Å². The van der Waals surface area contributed by atoms with E-state index in [2.05, 4.69) is 5.32 Å². The number of nitrogens with one attached hydrogen (secondary N) is 1. The summed E-state index contributed by atoms with van der Waals surface area (Å²) >= 11 is 0. The predicted octanol–water partition coefficient (Wildman–Crippen LogP) is 0.757. The number of carbonyl (C=O) groups excluding carboxylic acids is 1. The van der Waals surface area contributed by atoms with Crippen LogP contribution in [0.15, 0.2) is 0 Å². The topological polar surface area (TPSA) is 69.6 Å². The van der Waals surface area contributed by atoms with Gasteiger partial charge in [-0.1, -0.05) is 13.8 Å². The molecule has 0 aliphatic rings. The van der Waals surface area contributed by atoms with Crippen molar-refractivity contribution in [3.05, 3.63) is 0 Å². The summed E-state index contributed by atoms with van der Waals surface area (Å²) in [5.74, 6) is -0.757. The zero-order chi connectivity index (χ0) is 11.3. The van der Waals surface area contributed by atoms with Crippen LogP contribution in [-0.4, -0.2) is 42.1 Å². The van der Waals surface area contributed by atoms with E-state index < -0.39 is 12.0 Å². The Morgan fingerprint density at radius 1 is 1.36 bits per heavy atom. The molecule has 0 aliphatic carbocycles. The van der Waals surface area contributed by atoms with Crippen molar-refractivity contribution < 1.29 is 14.7 Å².